The lowest BCUT2D eigenvalue weighted by atomic mass is 9.97. The molecule has 0 unspecified atom stereocenters. The Morgan fingerprint density at radius 3 is 2.43 bits per heavy atom. The molecule has 1 heterocycles. The van der Waals surface area contributed by atoms with Crippen molar-refractivity contribution < 1.29 is 14.3 Å². The second-order valence-electron chi connectivity index (χ2n) is 7.51. The molecule has 1 fully saturated rings. The second kappa shape index (κ2) is 6.23. The molecule has 0 spiro atoms. The van der Waals surface area contributed by atoms with E-state index in [0.717, 1.165) is 6.42 Å². The van der Waals surface area contributed by atoms with Gasteiger partial charge in [-0.05, 0) is 47.0 Å². The van der Waals surface area contributed by atoms with Crippen LogP contribution >= 0.6 is 0 Å². The van der Waals surface area contributed by atoms with E-state index in [0.29, 0.717) is 5.92 Å². The molecular formula is C16H28N2O3. The van der Waals surface area contributed by atoms with Crippen LogP contribution in [0.15, 0.2) is 0 Å². The fourth-order valence-electron chi connectivity index (χ4n) is 2.75. The molecule has 1 aliphatic rings. The van der Waals surface area contributed by atoms with Gasteiger partial charge in [0.25, 0.3) is 0 Å². The predicted molar refractivity (Wildman–Crippen MR) is 80.5 cm³/mol. The molecule has 0 aliphatic carbocycles. The third-order valence-electron chi connectivity index (χ3n) is 3.38. The molecule has 0 radical (unpaired) electrons. The maximum Gasteiger partial charge on any atom is 0.412 e. The number of rotatable bonds is 3. The lowest BCUT2D eigenvalue weighted by Crippen LogP contribution is -2.50. The van der Waals surface area contributed by atoms with Gasteiger partial charge in [0, 0.05) is 0 Å². The molecule has 0 aromatic carbocycles. The van der Waals surface area contributed by atoms with Gasteiger partial charge in [0.1, 0.15) is 11.3 Å². The SMILES string of the molecule is CC(C)C[C@H]1[C@H](CC#N)OC(C)(C)N1C(=O)OC(C)(C)C. The Balaban J connectivity index is 3.04. The first-order valence-electron chi connectivity index (χ1n) is 7.55. The van der Waals surface area contributed by atoms with Crippen molar-refractivity contribution in [2.75, 3.05) is 0 Å². The van der Waals surface area contributed by atoms with Crippen LogP contribution in [0.25, 0.3) is 0 Å². The Bertz CT molecular complexity index is 418. The molecule has 0 N–H and O–H groups in total. The molecule has 1 amide bonds. The number of carbonyl (C=O) groups is 1. The van der Waals surface area contributed by atoms with Gasteiger partial charge in [-0.3, -0.25) is 4.90 Å². The van der Waals surface area contributed by atoms with Crippen molar-refractivity contribution in [1.82, 2.24) is 4.90 Å². The van der Waals surface area contributed by atoms with Crippen molar-refractivity contribution >= 4 is 6.09 Å². The topological polar surface area (TPSA) is 62.6 Å². The van der Waals surface area contributed by atoms with Crippen molar-refractivity contribution in [1.29, 1.82) is 5.26 Å². The van der Waals surface area contributed by atoms with Gasteiger partial charge < -0.3 is 9.47 Å². The zero-order valence-corrected chi connectivity index (χ0v) is 14.3. The summed E-state index contributed by atoms with van der Waals surface area (Å²) in [4.78, 5) is 14.2. The third kappa shape index (κ3) is 4.60. The van der Waals surface area contributed by atoms with Crippen LogP contribution in [-0.4, -0.2) is 34.5 Å². The van der Waals surface area contributed by atoms with E-state index in [2.05, 4.69) is 19.9 Å². The maximum atomic E-state index is 12.6. The summed E-state index contributed by atoms with van der Waals surface area (Å²) in [7, 11) is 0. The van der Waals surface area contributed by atoms with Gasteiger partial charge in [0.05, 0.1) is 24.6 Å². The standard InChI is InChI=1S/C16H28N2O3/c1-11(2)10-12-13(8-9-17)20-16(6,7)18(12)14(19)21-15(3,4)5/h11-13H,8,10H2,1-7H3/t12-,13-/m0/s1. The normalized spacial score (nSPS) is 25.0. The first-order chi connectivity index (χ1) is 9.48. The van der Waals surface area contributed by atoms with Gasteiger partial charge in [0.2, 0.25) is 0 Å². The van der Waals surface area contributed by atoms with E-state index in [-0.39, 0.29) is 24.7 Å². The molecule has 1 rings (SSSR count). The van der Waals surface area contributed by atoms with E-state index < -0.39 is 11.3 Å². The number of carbonyl (C=O) groups excluding carboxylic acids is 1. The van der Waals surface area contributed by atoms with Gasteiger partial charge in [-0.25, -0.2) is 4.79 Å². The molecule has 5 heteroatoms. The van der Waals surface area contributed by atoms with Crippen LogP contribution in [0, 0.1) is 17.2 Å². The zero-order valence-electron chi connectivity index (χ0n) is 14.3. The Labute approximate surface area is 128 Å². The molecule has 0 saturated carbocycles. The Morgan fingerprint density at radius 2 is 2.00 bits per heavy atom. The van der Waals surface area contributed by atoms with Gasteiger partial charge in [0.15, 0.2) is 0 Å². The Morgan fingerprint density at radius 1 is 1.43 bits per heavy atom. The van der Waals surface area contributed by atoms with Crippen molar-refractivity contribution in [3.63, 3.8) is 0 Å². The summed E-state index contributed by atoms with van der Waals surface area (Å²) in [5.41, 5.74) is -1.31. The number of hydrogen-bond acceptors (Lipinski definition) is 4. The first-order valence-corrected chi connectivity index (χ1v) is 7.55. The van der Waals surface area contributed by atoms with Crippen molar-refractivity contribution in [3.05, 3.63) is 0 Å². The van der Waals surface area contributed by atoms with Gasteiger partial charge in [-0.2, -0.15) is 5.26 Å². The molecule has 0 bridgehead atoms. The predicted octanol–water partition coefficient (Wildman–Crippen LogP) is 3.69. The average Bonchev–Trinajstić information content (AvgIpc) is 2.46. The van der Waals surface area contributed by atoms with Gasteiger partial charge in [-0.15, -0.1) is 0 Å². The summed E-state index contributed by atoms with van der Waals surface area (Å²) in [5, 5.41) is 9.00. The summed E-state index contributed by atoms with van der Waals surface area (Å²) in [6.07, 6.45) is 0.424. The fraction of sp³-hybridized carbons (Fsp3) is 0.875. The molecule has 5 nitrogen and oxygen atoms in total. The van der Waals surface area contributed by atoms with Crippen LogP contribution in [-0.2, 0) is 9.47 Å². The molecule has 1 aliphatic heterocycles. The number of nitriles is 1. The van der Waals surface area contributed by atoms with Crippen LogP contribution < -0.4 is 0 Å². The van der Waals surface area contributed by atoms with Gasteiger partial charge >= 0.3 is 6.09 Å². The lowest BCUT2D eigenvalue weighted by Gasteiger charge is -2.35. The highest BCUT2D eigenvalue weighted by Gasteiger charge is 2.50. The van der Waals surface area contributed by atoms with Crippen molar-refractivity contribution in [3.8, 4) is 6.07 Å². The number of ether oxygens (including phenoxy) is 2. The number of amides is 1. The third-order valence-corrected chi connectivity index (χ3v) is 3.38. The summed E-state index contributed by atoms with van der Waals surface area (Å²) < 4.78 is 11.5. The van der Waals surface area contributed by atoms with E-state index in [1.165, 1.54) is 0 Å². The smallest absolute Gasteiger partial charge is 0.412 e. The summed E-state index contributed by atoms with van der Waals surface area (Å²) in [6, 6.07) is 2.02. The van der Waals surface area contributed by atoms with Crippen LogP contribution in [0.2, 0.25) is 0 Å². The Hall–Kier alpha value is -1.28. The van der Waals surface area contributed by atoms with Crippen molar-refractivity contribution in [2.45, 2.75) is 84.8 Å². The maximum absolute atomic E-state index is 12.6. The van der Waals surface area contributed by atoms with Crippen LogP contribution in [0.3, 0.4) is 0 Å². The highest BCUT2D eigenvalue weighted by molar-refractivity contribution is 5.70. The fourth-order valence-corrected chi connectivity index (χ4v) is 2.75. The zero-order chi connectivity index (χ0) is 16.4. The minimum atomic E-state index is -0.761. The number of hydrogen-bond donors (Lipinski definition) is 0. The van der Waals surface area contributed by atoms with E-state index in [9.17, 15) is 4.79 Å². The van der Waals surface area contributed by atoms with Crippen LogP contribution in [0.4, 0.5) is 4.79 Å². The van der Waals surface area contributed by atoms with E-state index in [1.807, 2.05) is 34.6 Å². The average molecular weight is 296 g/mol. The monoisotopic (exact) mass is 296 g/mol. The largest absolute Gasteiger partial charge is 0.444 e. The highest BCUT2D eigenvalue weighted by atomic mass is 16.6. The molecule has 0 aromatic rings. The van der Waals surface area contributed by atoms with E-state index in [1.54, 1.807) is 4.90 Å². The van der Waals surface area contributed by atoms with E-state index in [4.69, 9.17) is 14.7 Å². The van der Waals surface area contributed by atoms with Crippen LogP contribution in [0.1, 0.15) is 61.3 Å². The minimum absolute atomic E-state index is 0.130. The Kier molecular flexibility index (Phi) is 5.27. The quantitative estimate of drug-likeness (QED) is 0.797. The first kappa shape index (κ1) is 17.8. The molecule has 1 saturated heterocycles. The van der Waals surface area contributed by atoms with Gasteiger partial charge in [-0.1, -0.05) is 13.8 Å². The van der Waals surface area contributed by atoms with E-state index >= 15 is 0 Å². The summed E-state index contributed by atoms with van der Waals surface area (Å²) >= 11 is 0. The lowest BCUT2D eigenvalue weighted by molar-refractivity contribution is -0.0779. The minimum Gasteiger partial charge on any atom is -0.444 e. The molecule has 21 heavy (non-hydrogen) atoms. The molecular weight excluding hydrogens is 268 g/mol. The number of nitrogens with zero attached hydrogens (tertiary/aromatic N) is 2. The second-order valence-corrected chi connectivity index (χ2v) is 7.51. The molecule has 120 valence electrons. The molecule has 0 aromatic heterocycles. The van der Waals surface area contributed by atoms with Crippen molar-refractivity contribution in [2.24, 2.45) is 5.92 Å². The molecule has 2 atom stereocenters. The highest BCUT2D eigenvalue weighted by Crippen LogP contribution is 2.37. The summed E-state index contributed by atoms with van der Waals surface area (Å²) in [5.74, 6) is 0.402. The van der Waals surface area contributed by atoms with Crippen LogP contribution in [0.5, 0.6) is 0 Å². The summed E-state index contributed by atoms with van der Waals surface area (Å²) in [6.45, 7) is 13.4.